The molecule has 0 N–H and O–H groups in total. The zero-order chi connectivity index (χ0) is 14.4. The van der Waals surface area contributed by atoms with Crippen LogP contribution in [-0.2, 0) is 14.3 Å². The molecular weight excluding hydrogens is 258 g/mol. The number of nitrogens with zero attached hydrogens (tertiary/aromatic N) is 3. The Kier molecular flexibility index (Phi) is 6.22. The molecule has 1 unspecified atom stereocenters. The highest BCUT2D eigenvalue weighted by molar-refractivity contribution is 5.76. The Bertz CT molecular complexity index is 306. The molecule has 0 aromatic rings. The Labute approximate surface area is 121 Å². The number of hydrogen-bond acceptors (Lipinski definition) is 5. The predicted octanol–water partition coefficient (Wildman–Crippen LogP) is -0.502. The quantitative estimate of drug-likeness (QED) is 0.681. The highest BCUT2D eigenvalue weighted by Crippen LogP contribution is 2.08. The van der Waals surface area contributed by atoms with Crippen LogP contribution in [0, 0.1) is 0 Å². The highest BCUT2D eigenvalue weighted by atomic mass is 16.5. The monoisotopic (exact) mass is 285 g/mol. The maximum Gasteiger partial charge on any atom is 0.224 e. The van der Waals surface area contributed by atoms with Crippen LogP contribution in [0.4, 0.5) is 0 Å². The van der Waals surface area contributed by atoms with E-state index < -0.39 is 0 Å². The number of amides is 1. The van der Waals surface area contributed by atoms with Crippen LogP contribution in [0.25, 0.3) is 0 Å². The lowest BCUT2D eigenvalue weighted by atomic mass is 10.2. The van der Waals surface area contributed by atoms with E-state index in [1.54, 1.807) is 0 Å². The Morgan fingerprint density at radius 3 is 2.65 bits per heavy atom. The molecule has 2 aliphatic rings. The second-order valence-corrected chi connectivity index (χ2v) is 5.80. The lowest BCUT2D eigenvalue weighted by molar-refractivity contribution is -0.136. The van der Waals surface area contributed by atoms with Crippen molar-refractivity contribution >= 4 is 5.91 Å². The smallest absolute Gasteiger partial charge is 0.224 e. The van der Waals surface area contributed by atoms with E-state index in [0.717, 1.165) is 45.9 Å². The molecule has 0 aromatic carbocycles. The summed E-state index contributed by atoms with van der Waals surface area (Å²) in [7, 11) is 4.12. The van der Waals surface area contributed by atoms with E-state index in [1.807, 2.05) is 4.90 Å². The Morgan fingerprint density at radius 2 is 1.95 bits per heavy atom. The van der Waals surface area contributed by atoms with Gasteiger partial charge in [-0.25, -0.2) is 0 Å². The molecule has 0 saturated carbocycles. The lowest BCUT2D eigenvalue weighted by Crippen LogP contribution is -2.48. The molecule has 6 nitrogen and oxygen atoms in total. The van der Waals surface area contributed by atoms with Crippen LogP contribution in [0.3, 0.4) is 0 Å². The van der Waals surface area contributed by atoms with Gasteiger partial charge >= 0.3 is 0 Å². The normalized spacial score (nSPS) is 25.1. The summed E-state index contributed by atoms with van der Waals surface area (Å²) < 4.78 is 11.0. The largest absolute Gasteiger partial charge is 0.378 e. The summed E-state index contributed by atoms with van der Waals surface area (Å²) >= 11 is 0. The van der Waals surface area contributed by atoms with Crippen LogP contribution in [-0.4, -0.2) is 99.9 Å². The van der Waals surface area contributed by atoms with E-state index in [0.29, 0.717) is 19.6 Å². The van der Waals surface area contributed by atoms with Crippen molar-refractivity contribution < 1.29 is 14.3 Å². The van der Waals surface area contributed by atoms with Gasteiger partial charge in [0, 0.05) is 45.7 Å². The Hall–Kier alpha value is -0.690. The first-order valence-corrected chi connectivity index (χ1v) is 7.49. The van der Waals surface area contributed by atoms with Crippen molar-refractivity contribution in [3.05, 3.63) is 0 Å². The molecule has 1 amide bonds. The molecule has 0 radical (unpaired) electrons. The van der Waals surface area contributed by atoms with E-state index in [2.05, 4.69) is 23.9 Å². The third-order valence-corrected chi connectivity index (χ3v) is 3.80. The fourth-order valence-corrected chi connectivity index (χ4v) is 2.73. The number of hydrogen-bond donors (Lipinski definition) is 0. The highest BCUT2D eigenvalue weighted by Gasteiger charge is 2.22. The molecule has 0 aromatic heterocycles. The van der Waals surface area contributed by atoms with Crippen LogP contribution in [0.1, 0.15) is 6.42 Å². The molecule has 2 aliphatic heterocycles. The first-order valence-electron chi connectivity index (χ1n) is 7.49. The Morgan fingerprint density at radius 1 is 1.20 bits per heavy atom. The number of rotatable bonds is 5. The van der Waals surface area contributed by atoms with Crippen molar-refractivity contribution in [3.63, 3.8) is 0 Å². The molecule has 1 atom stereocenters. The standard InChI is InChI=1S/C14H27N3O3/c1-15(2)11-13-12-16(5-10-20-13)4-3-14(18)17-6-8-19-9-7-17/h13H,3-12H2,1-2H3. The van der Waals surface area contributed by atoms with Gasteiger partial charge in [-0.3, -0.25) is 9.69 Å². The van der Waals surface area contributed by atoms with Gasteiger partial charge in [0.1, 0.15) is 0 Å². The Balaban J connectivity index is 1.68. The summed E-state index contributed by atoms with van der Waals surface area (Å²) in [6.45, 7) is 7.23. The van der Waals surface area contributed by atoms with Gasteiger partial charge in [-0.2, -0.15) is 0 Å². The maximum atomic E-state index is 12.1. The molecule has 2 fully saturated rings. The molecule has 6 heteroatoms. The van der Waals surface area contributed by atoms with Gasteiger partial charge in [-0.1, -0.05) is 0 Å². The fraction of sp³-hybridized carbons (Fsp3) is 0.929. The first kappa shape index (κ1) is 15.7. The molecular formula is C14H27N3O3. The minimum atomic E-state index is 0.254. The van der Waals surface area contributed by atoms with E-state index in [9.17, 15) is 4.79 Å². The van der Waals surface area contributed by atoms with Crippen LogP contribution in [0.15, 0.2) is 0 Å². The number of likely N-dealkylation sites (N-methyl/N-ethyl adjacent to an activating group) is 1. The minimum Gasteiger partial charge on any atom is -0.378 e. The lowest BCUT2D eigenvalue weighted by Gasteiger charge is -2.34. The van der Waals surface area contributed by atoms with Gasteiger partial charge in [0.15, 0.2) is 0 Å². The van der Waals surface area contributed by atoms with Crippen LogP contribution >= 0.6 is 0 Å². The number of carbonyl (C=O) groups excluding carboxylic acids is 1. The second kappa shape index (κ2) is 7.93. The number of ether oxygens (including phenoxy) is 2. The van der Waals surface area contributed by atoms with Gasteiger partial charge in [0.05, 0.1) is 25.9 Å². The summed E-state index contributed by atoms with van der Waals surface area (Å²) in [5, 5.41) is 0. The molecule has 2 heterocycles. The van der Waals surface area contributed by atoms with Crippen LogP contribution < -0.4 is 0 Å². The topological polar surface area (TPSA) is 45.2 Å². The molecule has 0 aliphatic carbocycles. The van der Waals surface area contributed by atoms with Crippen molar-refractivity contribution in [1.29, 1.82) is 0 Å². The molecule has 20 heavy (non-hydrogen) atoms. The second-order valence-electron chi connectivity index (χ2n) is 5.80. The van der Waals surface area contributed by atoms with Gasteiger partial charge in [0.25, 0.3) is 0 Å². The van der Waals surface area contributed by atoms with E-state index >= 15 is 0 Å². The summed E-state index contributed by atoms with van der Waals surface area (Å²) in [6, 6.07) is 0. The zero-order valence-corrected chi connectivity index (χ0v) is 12.7. The van der Waals surface area contributed by atoms with E-state index in [1.165, 1.54) is 0 Å². The van der Waals surface area contributed by atoms with Crippen molar-refractivity contribution in [3.8, 4) is 0 Å². The maximum absolute atomic E-state index is 12.1. The number of morpholine rings is 2. The van der Waals surface area contributed by atoms with E-state index in [-0.39, 0.29) is 12.0 Å². The molecule has 2 saturated heterocycles. The summed E-state index contributed by atoms with van der Waals surface area (Å²) in [6.07, 6.45) is 0.867. The number of carbonyl (C=O) groups is 1. The predicted molar refractivity (Wildman–Crippen MR) is 76.8 cm³/mol. The van der Waals surface area contributed by atoms with Crippen molar-refractivity contribution in [2.75, 3.05) is 73.2 Å². The average molecular weight is 285 g/mol. The summed E-state index contributed by atoms with van der Waals surface area (Å²) in [5.74, 6) is 0.254. The molecule has 0 spiro atoms. The van der Waals surface area contributed by atoms with Crippen LogP contribution in [0.5, 0.6) is 0 Å². The van der Waals surface area contributed by atoms with Gasteiger partial charge < -0.3 is 19.3 Å². The first-order chi connectivity index (χ1) is 9.65. The average Bonchev–Trinajstić information content (AvgIpc) is 2.45. The van der Waals surface area contributed by atoms with Gasteiger partial charge in [-0.15, -0.1) is 0 Å². The van der Waals surface area contributed by atoms with Crippen LogP contribution in [0.2, 0.25) is 0 Å². The zero-order valence-electron chi connectivity index (χ0n) is 12.7. The summed E-state index contributed by atoms with van der Waals surface area (Å²) in [5.41, 5.74) is 0. The van der Waals surface area contributed by atoms with Crippen molar-refractivity contribution in [2.24, 2.45) is 0 Å². The molecule has 0 bridgehead atoms. The van der Waals surface area contributed by atoms with Gasteiger partial charge in [-0.05, 0) is 14.1 Å². The third-order valence-electron chi connectivity index (χ3n) is 3.80. The third kappa shape index (κ3) is 5.01. The fourth-order valence-electron chi connectivity index (χ4n) is 2.73. The van der Waals surface area contributed by atoms with Gasteiger partial charge in [0.2, 0.25) is 5.91 Å². The summed E-state index contributed by atoms with van der Waals surface area (Å²) in [4.78, 5) is 18.5. The van der Waals surface area contributed by atoms with Crippen molar-refractivity contribution in [2.45, 2.75) is 12.5 Å². The SMILES string of the molecule is CN(C)CC1CN(CCC(=O)N2CCOCC2)CCO1. The molecule has 116 valence electrons. The molecule has 2 rings (SSSR count). The van der Waals surface area contributed by atoms with E-state index in [4.69, 9.17) is 9.47 Å². The minimum absolute atomic E-state index is 0.254. The van der Waals surface area contributed by atoms with Crippen molar-refractivity contribution in [1.82, 2.24) is 14.7 Å².